The molecule has 0 bridgehead atoms. The fraction of sp³-hybridized carbons (Fsp3) is 0.500. The fourth-order valence-electron chi connectivity index (χ4n) is 4.57. The van der Waals surface area contributed by atoms with Crippen LogP contribution in [0.1, 0.15) is 43.0 Å². The molecule has 160 valence electrons. The molecule has 1 aromatic heterocycles. The summed E-state index contributed by atoms with van der Waals surface area (Å²) < 4.78 is 0. The molecule has 2 aliphatic rings. The number of benzene rings is 1. The number of piperazine rings is 1. The van der Waals surface area contributed by atoms with Crippen molar-refractivity contribution in [2.24, 2.45) is 5.73 Å². The molecule has 6 nitrogen and oxygen atoms in total. The van der Waals surface area contributed by atoms with Gasteiger partial charge in [-0.15, -0.1) is 0 Å². The minimum absolute atomic E-state index is 0.0335. The number of hydrogen-bond donors (Lipinski definition) is 1. The Morgan fingerprint density at radius 2 is 2.03 bits per heavy atom. The van der Waals surface area contributed by atoms with E-state index in [1.165, 1.54) is 11.3 Å². The van der Waals surface area contributed by atoms with Gasteiger partial charge >= 0.3 is 0 Å². The standard InChI is InChI=1S/C22H27Cl2N5O/c1-13-3-6-19-20(13)21(27-12-26-19)29-8-7-28(11-14(29)2)22(30)18(25)10-15-4-5-16(23)17(24)9-15/h4-5,9,12-14,18H,3,6-8,10-11,25H2,1-2H3. The van der Waals surface area contributed by atoms with Crippen LogP contribution in [0.2, 0.25) is 10.0 Å². The van der Waals surface area contributed by atoms with Gasteiger partial charge in [0.15, 0.2) is 0 Å². The molecule has 2 heterocycles. The van der Waals surface area contributed by atoms with Crippen LogP contribution in [0.4, 0.5) is 5.82 Å². The van der Waals surface area contributed by atoms with Crippen molar-refractivity contribution in [3.8, 4) is 0 Å². The van der Waals surface area contributed by atoms with Crippen LogP contribution in [0.25, 0.3) is 0 Å². The van der Waals surface area contributed by atoms with E-state index < -0.39 is 6.04 Å². The largest absolute Gasteiger partial charge is 0.350 e. The average molecular weight is 448 g/mol. The Balaban J connectivity index is 1.42. The molecule has 1 aromatic carbocycles. The van der Waals surface area contributed by atoms with Crippen LogP contribution in [0.15, 0.2) is 24.5 Å². The number of nitrogens with zero attached hydrogens (tertiary/aromatic N) is 4. The third kappa shape index (κ3) is 4.13. The third-order valence-corrected chi connectivity index (χ3v) is 6.96. The van der Waals surface area contributed by atoms with E-state index in [-0.39, 0.29) is 11.9 Å². The highest BCUT2D eigenvalue weighted by Crippen LogP contribution is 2.38. The maximum absolute atomic E-state index is 13.0. The Hall–Kier alpha value is -1.89. The molecule has 2 aromatic rings. The molecule has 0 radical (unpaired) electrons. The third-order valence-electron chi connectivity index (χ3n) is 6.22. The molecule has 3 unspecified atom stereocenters. The first-order valence-electron chi connectivity index (χ1n) is 10.4. The number of amides is 1. The lowest BCUT2D eigenvalue weighted by Gasteiger charge is -2.42. The molecule has 1 saturated heterocycles. The summed E-state index contributed by atoms with van der Waals surface area (Å²) in [7, 11) is 0. The highest BCUT2D eigenvalue weighted by atomic mass is 35.5. The Bertz CT molecular complexity index is 953. The van der Waals surface area contributed by atoms with Gasteiger partial charge in [-0.05, 0) is 49.8 Å². The minimum atomic E-state index is -0.607. The molecule has 8 heteroatoms. The van der Waals surface area contributed by atoms with E-state index in [9.17, 15) is 4.79 Å². The monoisotopic (exact) mass is 447 g/mol. The van der Waals surface area contributed by atoms with E-state index in [1.54, 1.807) is 18.5 Å². The van der Waals surface area contributed by atoms with Crippen molar-refractivity contribution < 1.29 is 4.79 Å². The quantitative estimate of drug-likeness (QED) is 0.776. The summed E-state index contributed by atoms with van der Waals surface area (Å²) in [6, 6.07) is 4.92. The van der Waals surface area contributed by atoms with E-state index >= 15 is 0 Å². The van der Waals surface area contributed by atoms with Gasteiger partial charge in [-0.2, -0.15) is 0 Å². The number of nitrogens with two attached hydrogens (primary N) is 1. The van der Waals surface area contributed by atoms with E-state index in [1.807, 2.05) is 11.0 Å². The van der Waals surface area contributed by atoms with E-state index in [0.717, 1.165) is 30.8 Å². The summed E-state index contributed by atoms with van der Waals surface area (Å²) in [5.41, 5.74) is 9.60. The molecular formula is C22H27Cl2N5O. The molecule has 1 fully saturated rings. The van der Waals surface area contributed by atoms with Crippen LogP contribution < -0.4 is 10.6 Å². The smallest absolute Gasteiger partial charge is 0.239 e. The fourth-order valence-corrected chi connectivity index (χ4v) is 4.89. The van der Waals surface area contributed by atoms with Crippen LogP contribution in [-0.4, -0.2) is 52.5 Å². The molecule has 0 saturated carbocycles. The summed E-state index contributed by atoms with van der Waals surface area (Å²) in [5.74, 6) is 1.47. The second-order valence-electron chi connectivity index (χ2n) is 8.38. The van der Waals surface area contributed by atoms with Gasteiger partial charge in [0, 0.05) is 36.9 Å². The maximum atomic E-state index is 13.0. The van der Waals surface area contributed by atoms with Gasteiger partial charge < -0.3 is 15.5 Å². The second-order valence-corrected chi connectivity index (χ2v) is 9.20. The highest BCUT2D eigenvalue weighted by Gasteiger charge is 2.33. The number of hydrogen-bond acceptors (Lipinski definition) is 5. The molecular weight excluding hydrogens is 421 g/mol. The Kier molecular flexibility index (Phi) is 6.19. The second kappa shape index (κ2) is 8.69. The summed E-state index contributed by atoms with van der Waals surface area (Å²) in [4.78, 5) is 26.3. The van der Waals surface area contributed by atoms with Crippen molar-refractivity contribution in [1.82, 2.24) is 14.9 Å². The van der Waals surface area contributed by atoms with Crippen molar-refractivity contribution in [2.75, 3.05) is 24.5 Å². The number of aryl methyl sites for hydroxylation is 1. The number of fused-ring (bicyclic) bond motifs is 1. The first-order valence-corrected chi connectivity index (χ1v) is 11.2. The first kappa shape index (κ1) is 21.3. The first-order chi connectivity index (χ1) is 14.3. The summed E-state index contributed by atoms with van der Waals surface area (Å²) in [6.45, 7) is 6.37. The van der Waals surface area contributed by atoms with Crippen LogP contribution >= 0.6 is 23.2 Å². The van der Waals surface area contributed by atoms with Crippen LogP contribution in [0.3, 0.4) is 0 Å². The molecule has 1 aliphatic carbocycles. The van der Waals surface area contributed by atoms with Gasteiger partial charge in [0.25, 0.3) is 0 Å². The maximum Gasteiger partial charge on any atom is 0.239 e. The predicted octanol–water partition coefficient (Wildman–Crippen LogP) is 3.44. The van der Waals surface area contributed by atoms with E-state index in [4.69, 9.17) is 28.9 Å². The van der Waals surface area contributed by atoms with Crippen molar-refractivity contribution in [3.63, 3.8) is 0 Å². The predicted molar refractivity (Wildman–Crippen MR) is 120 cm³/mol. The van der Waals surface area contributed by atoms with Crippen molar-refractivity contribution in [3.05, 3.63) is 51.4 Å². The SMILES string of the molecule is CC1CCc2ncnc(N3CCN(C(=O)C(N)Cc4ccc(Cl)c(Cl)c4)CC3C)c21. The van der Waals surface area contributed by atoms with Crippen molar-refractivity contribution in [2.45, 2.75) is 51.1 Å². The average Bonchev–Trinajstić information content (AvgIpc) is 3.11. The molecule has 1 amide bonds. The lowest BCUT2D eigenvalue weighted by molar-refractivity contribution is -0.133. The van der Waals surface area contributed by atoms with Crippen LogP contribution in [0.5, 0.6) is 0 Å². The summed E-state index contributed by atoms with van der Waals surface area (Å²) in [5, 5.41) is 0.971. The number of aromatic nitrogens is 2. The molecule has 30 heavy (non-hydrogen) atoms. The van der Waals surface area contributed by atoms with Gasteiger partial charge in [0.1, 0.15) is 12.1 Å². The van der Waals surface area contributed by atoms with Crippen molar-refractivity contribution in [1.29, 1.82) is 0 Å². The molecule has 3 atom stereocenters. The molecule has 1 aliphatic heterocycles. The van der Waals surface area contributed by atoms with Crippen molar-refractivity contribution >= 4 is 34.9 Å². The minimum Gasteiger partial charge on any atom is -0.350 e. The highest BCUT2D eigenvalue weighted by molar-refractivity contribution is 6.42. The van der Waals surface area contributed by atoms with Gasteiger partial charge in [-0.3, -0.25) is 4.79 Å². The van der Waals surface area contributed by atoms with E-state index in [0.29, 0.717) is 35.5 Å². The summed E-state index contributed by atoms with van der Waals surface area (Å²) in [6.07, 6.45) is 4.24. The number of rotatable bonds is 4. The number of carbonyl (C=O) groups is 1. The lowest BCUT2D eigenvalue weighted by atomic mass is 10.0. The van der Waals surface area contributed by atoms with Gasteiger partial charge in [-0.25, -0.2) is 9.97 Å². The normalized spacial score (nSPS) is 22.2. The zero-order valence-corrected chi connectivity index (χ0v) is 18.8. The number of carbonyl (C=O) groups excluding carboxylic acids is 1. The zero-order valence-electron chi connectivity index (χ0n) is 17.3. The van der Waals surface area contributed by atoms with Gasteiger partial charge in [-0.1, -0.05) is 36.2 Å². The Morgan fingerprint density at radius 3 is 2.77 bits per heavy atom. The molecule has 2 N–H and O–H groups in total. The topological polar surface area (TPSA) is 75.4 Å². The Morgan fingerprint density at radius 1 is 1.23 bits per heavy atom. The van der Waals surface area contributed by atoms with E-state index in [2.05, 4.69) is 28.7 Å². The van der Waals surface area contributed by atoms with Crippen LogP contribution in [0, 0.1) is 0 Å². The Labute approximate surface area is 187 Å². The number of halogens is 2. The van der Waals surface area contributed by atoms with Crippen LogP contribution in [-0.2, 0) is 17.6 Å². The lowest BCUT2D eigenvalue weighted by Crippen LogP contribution is -2.57. The number of anilines is 1. The summed E-state index contributed by atoms with van der Waals surface area (Å²) >= 11 is 12.1. The zero-order chi connectivity index (χ0) is 21.4. The molecule has 0 spiro atoms. The van der Waals surface area contributed by atoms with Gasteiger partial charge in [0.05, 0.1) is 16.1 Å². The molecule has 4 rings (SSSR count). The van der Waals surface area contributed by atoms with Gasteiger partial charge in [0.2, 0.25) is 5.91 Å².